The normalized spacial score (nSPS) is 18.5. The molecule has 2 aliphatic heterocycles. The average Bonchev–Trinajstić information content (AvgIpc) is 3.39. The smallest absolute Gasteiger partial charge is 0.449 e. The van der Waals surface area contributed by atoms with E-state index in [1.54, 1.807) is 23.1 Å². The summed E-state index contributed by atoms with van der Waals surface area (Å²) in [5.41, 5.74) is 1.40. The second-order valence-corrected chi connectivity index (χ2v) is 7.66. The van der Waals surface area contributed by atoms with Crippen molar-refractivity contribution >= 4 is 16.9 Å². The number of para-hydroxylation sites is 2. The molecule has 0 N–H and O–H groups in total. The highest BCUT2D eigenvalue weighted by Crippen LogP contribution is 2.38. The second kappa shape index (κ2) is 7.47. The van der Waals surface area contributed by atoms with E-state index in [1.807, 2.05) is 18.2 Å². The van der Waals surface area contributed by atoms with Crippen LogP contribution in [0.1, 0.15) is 30.3 Å². The summed E-state index contributed by atoms with van der Waals surface area (Å²) in [5, 5.41) is 0. The zero-order valence-electron chi connectivity index (χ0n) is 16.6. The van der Waals surface area contributed by atoms with Crippen LogP contribution in [-0.4, -0.2) is 40.1 Å². The number of rotatable bonds is 3. The molecule has 1 unspecified atom stereocenters. The average molecular weight is 431 g/mol. The van der Waals surface area contributed by atoms with Gasteiger partial charge in [0.1, 0.15) is 19.8 Å². The predicted octanol–water partition coefficient (Wildman–Crippen LogP) is 4.19. The Morgan fingerprint density at radius 3 is 2.68 bits per heavy atom. The molecule has 1 fully saturated rings. The number of nitrogens with zero attached hydrogens (tertiary/aromatic N) is 3. The highest BCUT2D eigenvalue weighted by molar-refractivity contribution is 5.81. The second-order valence-electron chi connectivity index (χ2n) is 7.66. The molecule has 1 atom stereocenters. The number of hydrogen-bond donors (Lipinski definition) is 0. The zero-order valence-corrected chi connectivity index (χ0v) is 16.6. The summed E-state index contributed by atoms with van der Waals surface area (Å²) in [6.45, 7) is 1.01. The molecule has 6 nitrogen and oxygen atoms in total. The van der Waals surface area contributed by atoms with E-state index in [0.29, 0.717) is 36.8 Å². The van der Waals surface area contributed by atoms with Gasteiger partial charge in [0.2, 0.25) is 11.7 Å². The Hall–Kier alpha value is -3.23. The van der Waals surface area contributed by atoms with Crippen molar-refractivity contribution in [3.05, 3.63) is 53.9 Å². The first-order valence-corrected chi connectivity index (χ1v) is 10.1. The van der Waals surface area contributed by atoms with Crippen LogP contribution in [-0.2, 0) is 17.5 Å². The first-order chi connectivity index (χ1) is 14.9. The molecule has 2 aromatic carbocycles. The number of carbonyl (C=O) groups excluding carboxylic acids is 1. The number of fused-ring (bicyclic) bond motifs is 2. The van der Waals surface area contributed by atoms with Gasteiger partial charge < -0.3 is 18.9 Å². The zero-order chi connectivity index (χ0) is 21.6. The first kappa shape index (κ1) is 19.7. The van der Waals surface area contributed by atoms with Crippen molar-refractivity contribution in [3.8, 4) is 11.5 Å². The third-order valence-corrected chi connectivity index (χ3v) is 5.73. The van der Waals surface area contributed by atoms with E-state index in [1.165, 1.54) is 6.07 Å². The van der Waals surface area contributed by atoms with Gasteiger partial charge in [-0.1, -0.05) is 18.2 Å². The Bertz CT molecular complexity index is 1140. The molecule has 1 amide bonds. The number of aromatic nitrogens is 2. The third-order valence-electron chi connectivity index (χ3n) is 5.73. The van der Waals surface area contributed by atoms with E-state index in [2.05, 4.69) is 4.98 Å². The fourth-order valence-corrected chi connectivity index (χ4v) is 4.36. The van der Waals surface area contributed by atoms with E-state index < -0.39 is 18.5 Å². The number of hydrogen-bond acceptors (Lipinski definition) is 4. The molecule has 162 valence electrons. The Morgan fingerprint density at radius 1 is 1.10 bits per heavy atom. The maximum atomic E-state index is 13.6. The van der Waals surface area contributed by atoms with Gasteiger partial charge in [-0.05, 0) is 42.7 Å². The van der Waals surface area contributed by atoms with Crippen LogP contribution in [0.4, 0.5) is 13.2 Å². The van der Waals surface area contributed by atoms with E-state index >= 15 is 0 Å². The van der Waals surface area contributed by atoms with Gasteiger partial charge in [-0.15, -0.1) is 0 Å². The molecule has 5 rings (SSSR count). The minimum absolute atomic E-state index is 0.215. The summed E-state index contributed by atoms with van der Waals surface area (Å²) in [6, 6.07) is 11.7. The fraction of sp³-hybridized carbons (Fsp3) is 0.364. The van der Waals surface area contributed by atoms with Gasteiger partial charge in [-0.2, -0.15) is 13.2 Å². The molecule has 0 spiro atoms. The van der Waals surface area contributed by atoms with Crippen LogP contribution in [0, 0.1) is 0 Å². The van der Waals surface area contributed by atoms with E-state index in [0.717, 1.165) is 23.0 Å². The molecule has 0 radical (unpaired) electrons. The summed E-state index contributed by atoms with van der Waals surface area (Å²) >= 11 is 0. The molecule has 0 saturated carbocycles. The number of imidazole rings is 1. The lowest BCUT2D eigenvalue weighted by atomic mass is 10.0. The summed E-state index contributed by atoms with van der Waals surface area (Å²) in [4.78, 5) is 18.5. The predicted molar refractivity (Wildman–Crippen MR) is 106 cm³/mol. The summed E-state index contributed by atoms with van der Waals surface area (Å²) in [6.07, 6.45) is -3.14. The minimum Gasteiger partial charge on any atom is -0.486 e. The standard InChI is InChI=1S/C22H20F3N3O3/c23-22(24,25)21-26-15-4-1-2-5-17(15)28(21)13-20(29)27-9-3-6-16(27)14-7-8-18-19(12-14)31-11-10-30-18/h1-2,4-5,7-8,12,16H,3,6,9-11,13H2. The van der Waals surface area contributed by atoms with Crippen molar-refractivity contribution in [1.29, 1.82) is 0 Å². The van der Waals surface area contributed by atoms with E-state index in [4.69, 9.17) is 9.47 Å². The third kappa shape index (κ3) is 3.58. The minimum atomic E-state index is -4.65. The van der Waals surface area contributed by atoms with Gasteiger partial charge in [-0.3, -0.25) is 4.79 Å². The quantitative estimate of drug-likeness (QED) is 0.624. The number of likely N-dealkylation sites (tertiary alicyclic amines) is 1. The van der Waals surface area contributed by atoms with Crippen molar-refractivity contribution in [2.75, 3.05) is 19.8 Å². The van der Waals surface area contributed by atoms with Gasteiger partial charge in [-0.25, -0.2) is 4.98 Å². The molecule has 0 bridgehead atoms. The monoisotopic (exact) mass is 431 g/mol. The van der Waals surface area contributed by atoms with Gasteiger partial charge >= 0.3 is 6.18 Å². The SMILES string of the molecule is O=C(Cn1c(C(F)(F)F)nc2ccccc21)N1CCCC1c1ccc2c(c1)OCCO2. The Morgan fingerprint density at radius 2 is 1.87 bits per heavy atom. The lowest BCUT2D eigenvalue weighted by Gasteiger charge is -2.27. The summed E-state index contributed by atoms with van der Waals surface area (Å²) in [7, 11) is 0. The number of carbonyl (C=O) groups is 1. The Balaban J connectivity index is 1.44. The van der Waals surface area contributed by atoms with Crippen molar-refractivity contribution in [3.63, 3.8) is 0 Å². The van der Waals surface area contributed by atoms with Gasteiger partial charge in [0.05, 0.1) is 17.1 Å². The highest BCUT2D eigenvalue weighted by atomic mass is 19.4. The highest BCUT2D eigenvalue weighted by Gasteiger charge is 2.39. The van der Waals surface area contributed by atoms with Gasteiger partial charge in [0, 0.05) is 6.54 Å². The molecule has 0 aliphatic carbocycles. The van der Waals surface area contributed by atoms with Crippen LogP contribution in [0.3, 0.4) is 0 Å². The number of alkyl halides is 3. The van der Waals surface area contributed by atoms with Crippen molar-refractivity contribution in [2.45, 2.75) is 31.6 Å². The summed E-state index contributed by atoms with van der Waals surface area (Å²) in [5.74, 6) is -0.142. The van der Waals surface area contributed by atoms with E-state index in [9.17, 15) is 18.0 Å². The van der Waals surface area contributed by atoms with E-state index in [-0.39, 0.29) is 17.5 Å². The lowest BCUT2D eigenvalue weighted by molar-refractivity contribution is -0.148. The van der Waals surface area contributed by atoms with Gasteiger partial charge in [0.25, 0.3) is 0 Å². The molecule has 31 heavy (non-hydrogen) atoms. The molecule has 3 aromatic rings. The van der Waals surface area contributed by atoms with Crippen molar-refractivity contribution in [2.24, 2.45) is 0 Å². The van der Waals surface area contributed by atoms with Crippen LogP contribution >= 0.6 is 0 Å². The van der Waals surface area contributed by atoms with Crippen molar-refractivity contribution in [1.82, 2.24) is 14.5 Å². The van der Waals surface area contributed by atoms with Crippen LogP contribution in [0.15, 0.2) is 42.5 Å². The molecule has 1 aromatic heterocycles. The number of ether oxygens (including phenoxy) is 2. The fourth-order valence-electron chi connectivity index (χ4n) is 4.36. The number of amides is 1. The molecular weight excluding hydrogens is 411 g/mol. The molecule has 2 aliphatic rings. The topological polar surface area (TPSA) is 56.6 Å². The molecule has 9 heteroatoms. The maximum Gasteiger partial charge on any atom is 0.449 e. The Labute approximate surface area is 176 Å². The molecular formula is C22H20F3N3O3. The number of halogens is 3. The van der Waals surface area contributed by atoms with Crippen LogP contribution < -0.4 is 9.47 Å². The Kier molecular flexibility index (Phi) is 4.75. The van der Waals surface area contributed by atoms with Crippen LogP contribution in [0.5, 0.6) is 11.5 Å². The van der Waals surface area contributed by atoms with Crippen molar-refractivity contribution < 1.29 is 27.4 Å². The summed E-state index contributed by atoms with van der Waals surface area (Å²) < 4.78 is 52.9. The molecule has 1 saturated heterocycles. The number of benzene rings is 2. The van der Waals surface area contributed by atoms with Crippen LogP contribution in [0.2, 0.25) is 0 Å². The molecule has 3 heterocycles. The maximum absolute atomic E-state index is 13.6. The largest absolute Gasteiger partial charge is 0.486 e. The van der Waals surface area contributed by atoms with Gasteiger partial charge in [0.15, 0.2) is 11.5 Å². The lowest BCUT2D eigenvalue weighted by Crippen LogP contribution is -2.34. The van der Waals surface area contributed by atoms with Crippen LogP contribution in [0.25, 0.3) is 11.0 Å². The first-order valence-electron chi connectivity index (χ1n) is 10.1.